The third kappa shape index (κ3) is 2.28. The highest BCUT2D eigenvalue weighted by Gasteiger charge is 2.31. The van der Waals surface area contributed by atoms with Gasteiger partial charge in [-0.25, -0.2) is 9.97 Å². The summed E-state index contributed by atoms with van der Waals surface area (Å²) in [6.45, 7) is 0.810. The molecular weight excluding hydrogens is 274 g/mol. The Kier molecular flexibility index (Phi) is 3.37. The van der Waals surface area contributed by atoms with Crippen molar-refractivity contribution in [1.29, 1.82) is 0 Å². The number of hydrogen-bond donors (Lipinski definition) is 0. The summed E-state index contributed by atoms with van der Waals surface area (Å²) in [5.74, 6) is 0.135. The van der Waals surface area contributed by atoms with Crippen LogP contribution in [0.5, 0.6) is 0 Å². The molecular formula is C18H19N3O. The first-order valence-electron chi connectivity index (χ1n) is 8.01. The Hall–Kier alpha value is -2.23. The lowest BCUT2D eigenvalue weighted by atomic mass is 10.0. The molecule has 1 aromatic heterocycles. The van der Waals surface area contributed by atoms with Crippen molar-refractivity contribution < 1.29 is 4.79 Å². The number of aromatic nitrogens is 2. The first-order chi connectivity index (χ1) is 10.8. The lowest BCUT2D eigenvalue weighted by Crippen LogP contribution is -2.31. The van der Waals surface area contributed by atoms with E-state index in [-0.39, 0.29) is 11.9 Å². The molecule has 4 nitrogen and oxygen atoms in total. The molecule has 22 heavy (non-hydrogen) atoms. The minimum atomic E-state index is 0.0868. The maximum Gasteiger partial charge on any atom is 0.254 e. The number of carbonyl (C=O) groups excluding carboxylic acids is 1. The number of nitrogens with zero attached hydrogens (tertiary/aromatic N) is 3. The van der Waals surface area contributed by atoms with E-state index in [1.165, 1.54) is 17.5 Å². The van der Waals surface area contributed by atoms with Crippen molar-refractivity contribution in [3.63, 3.8) is 0 Å². The molecule has 2 aromatic rings. The molecule has 4 heteroatoms. The summed E-state index contributed by atoms with van der Waals surface area (Å²) in [7, 11) is 0. The highest BCUT2D eigenvalue weighted by Crippen LogP contribution is 2.32. The largest absolute Gasteiger partial charge is 0.330 e. The summed E-state index contributed by atoms with van der Waals surface area (Å²) in [6, 6.07) is 8.22. The SMILES string of the molecule is O=C(c1ccc2c(c1)CCC2)N1CCCC1c1ccncn1. The molecule has 1 atom stereocenters. The van der Waals surface area contributed by atoms with Crippen molar-refractivity contribution in [1.82, 2.24) is 14.9 Å². The molecule has 1 fully saturated rings. The molecule has 0 N–H and O–H groups in total. The average molecular weight is 293 g/mol. The van der Waals surface area contributed by atoms with Crippen molar-refractivity contribution in [2.45, 2.75) is 38.1 Å². The molecule has 1 amide bonds. The van der Waals surface area contributed by atoms with Crippen molar-refractivity contribution in [2.75, 3.05) is 6.54 Å². The lowest BCUT2D eigenvalue weighted by molar-refractivity contribution is 0.0732. The van der Waals surface area contributed by atoms with E-state index >= 15 is 0 Å². The van der Waals surface area contributed by atoms with Gasteiger partial charge in [-0.15, -0.1) is 0 Å². The number of aryl methyl sites for hydroxylation is 2. The predicted octanol–water partition coefficient (Wildman–Crippen LogP) is 2.94. The summed E-state index contributed by atoms with van der Waals surface area (Å²) < 4.78 is 0. The third-order valence-corrected chi connectivity index (χ3v) is 4.81. The molecule has 4 rings (SSSR count). The van der Waals surface area contributed by atoms with Gasteiger partial charge in [-0.2, -0.15) is 0 Å². The number of fused-ring (bicyclic) bond motifs is 1. The second-order valence-electron chi connectivity index (χ2n) is 6.13. The molecule has 0 bridgehead atoms. The fourth-order valence-corrected chi connectivity index (χ4v) is 3.69. The van der Waals surface area contributed by atoms with Crippen molar-refractivity contribution in [2.24, 2.45) is 0 Å². The van der Waals surface area contributed by atoms with Gasteiger partial charge < -0.3 is 4.90 Å². The molecule has 0 radical (unpaired) electrons. The fourth-order valence-electron chi connectivity index (χ4n) is 3.69. The Balaban J connectivity index is 1.62. The summed E-state index contributed by atoms with van der Waals surface area (Å²) in [5.41, 5.74) is 4.53. The molecule has 0 spiro atoms. The van der Waals surface area contributed by atoms with Crippen molar-refractivity contribution in [3.05, 3.63) is 59.2 Å². The molecule has 1 unspecified atom stereocenters. The topological polar surface area (TPSA) is 46.1 Å². The van der Waals surface area contributed by atoms with Crippen LogP contribution in [0.1, 0.15) is 52.5 Å². The van der Waals surface area contributed by atoms with E-state index < -0.39 is 0 Å². The first-order valence-corrected chi connectivity index (χ1v) is 8.01. The van der Waals surface area contributed by atoms with Gasteiger partial charge in [0.05, 0.1) is 11.7 Å². The highest BCUT2D eigenvalue weighted by molar-refractivity contribution is 5.95. The van der Waals surface area contributed by atoms with E-state index in [2.05, 4.69) is 22.1 Å². The Bertz CT molecular complexity index is 699. The first kappa shape index (κ1) is 13.4. The predicted molar refractivity (Wildman–Crippen MR) is 83.5 cm³/mol. The van der Waals surface area contributed by atoms with Gasteiger partial charge in [0.1, 0.15) is 6.33 Å². The van der Waals surface area contributed by atoms with Crippen LogP contribution in [0.2, 0.25) is 0 Å². The smallest absolute Gasteiger partial charge is 0.254 e. The zero-order valence-electron chi connectivity index (χ0n) is 12.5. The monoisotopic (exact) mass is 293 g/mol. The zero-order valence-corrected chi connectivity index (χ0v) is 12.5. The molecule has 2 aliphatic rings. The normalized spacial score (nSPS) is 20.2. The van der Waals surface area contributed by atoms with Crippen molar-refractivity contribution in [3.8, 4) is 0 Å². The van der Waals surface area contributed by atoms with E-state index in [4.69, 9.17) is 0 Å². The van der Waals surface area contributed by atoms with Gasteiger partial charge in [-0.3, -0.25) is 4.79 Å². The quantitative estimate of drug-likeness (QED) is 0.855. The van der Waals surface area contributed by atoms with Crippen LogP contribution in [0.25, 0.3) is 0 Å². The van der Waals surface area contributed by atoms with Crippen LogP contribution in [0.15, 0.2) is 36.8 Å². The standard InChI is InChI=1S/C18H19N3O/c22-18(15-7-6-13-3-1-4-14(13)11-15)21-10-2-5-17(21)16-8-9-19-12-20-16/h6-9,11-12,17H,1-5,10H2. The maximum atomic E-state index is 12.9. The van der Waals surface area contributed by atoms with Gasteiger partial charge in [0, 0.05) is 18.3 Å². The van der Waals surface area contributed by atoms with E-state index in [0.717, 1.165) is 43.5 Å². The minimum absolute atomic E-state index is 0.0868. The van der Waals surface area contributed by atoms with Gasteiger partial charge in [-0.05, 0) is 61.4 Å². The zero-order chi connectivity index (χ0) is 14.9. The minimum Gasteiger partial charge on any atom is -0.330 e. The van der Waals surface area contributed by atoms with Gasteiger partial charge >= 0.3 is 0 Å². The van der Waals surface area contributed by atoms with Crippen LogP contribution in [-0.4, -0.2) is 27.3 Å². The van der Waals surface area contributed by atoms with Crippen molar-refractivity contribution >= 4 is 5.91 Å². The van der Waals surface area contributed by atoms with E-state index in [1.807, 2.05) is 17.0 Å². The van der Waals surface area contributed by atoms with Crippen LogP contribution in [-0.2, 0) is 12.8 Å². The summed E-state index contributed by atoms with van der Waals surface area (Å²) in [6.07, 6.45) is 8.78. The van der Waals surface area contributed by atoms with Crippen LogP contribution >= 0.6 is 0 Å². The highest BCUT2D eigenvalue weighted by atomic mass is 16.2. The fraction of sp³-hybridized carbons (Fsp3) is 0.389. The van der Waals surface area contributed by atoms with Crippen LogP contribution < -0.4 is 0 Å². The molecule has 112 valence electrons. The Labute approximate surface area is 130 Å². The Morgan fingerprint density at radius 2 is 2.05 bits per heavy atom. The number of likely N-dealkylation sites (tertiary alicyclic amines) is 1. The van der Waals surface area contributed by atoms with E-state index in [9.17, 15) is 4.79 Å². The van der Waals surface area contributed by atoms with Crippen LogP contribution in [0.4, 0.5) is 0 Å². The molecule has 1 saturated heterocycles. The molecule has 0 saturated carbocycles. The van der Waals surface area contributed by atoms with Gasteiger partial charge in [-0.1, -0.05) is 6.07 Å². The van der Waals surface area contributed by atoms with Gasteiger partial charge in [0.15, 0.2) is 0 Å². The number of amides is 1. The van der Waals surface area contributed by atoms with Gasteiger partial charge in [0.25, 0.3) is 5.91 Å². The third-order valence-electron chi connectivity index (χ3n) is 4.81. The second-order valence-corrected chi connectivity index (χ2v) is 6.13. The van der Waals surface area contributed by atoms with Crippen LogP contribution in [0.3, 0.4) is 0 Å². The molecule has 2 heterocycles. The number of carbonyl (C=O) groups is 1. The summed E-state index contributed by atoms with van der Waals surface area (Å²) in [4.78, 5) is 23.2. The Morgan fingerprint density at radius 3 is 2.91 bits per heavy atom. The summed E-state index contributed by atoms with van der Waals surface area (Å²) in [5, 5.41) is 0. The van der Waals surface area contributed by atoms with E-state index in [1.54, 1.807) is 12.5 Å². The van der Waals surface area contributed by atoms with Crippen LogP contribution in [0, 0.1) is 0 Å². The molecule has 1 aromatic carbocycles. The average Bonchev–Trinajstić information content (AvgIpc) is 3.23. The number of benzene rings is 1. The Morgan fingerprint density at radius 1 is 1.14 bits per heavy atom. The lowest BCUT2D eigenvalue weighted by Gasteiger charge is -2.24. The maximum absolute atomic E-state index is 12.9. The molecule has 1 aliphatic heterocycles. The summed E-state index contributed by atoms with van der Waals surface area (Å²) >= 11 is 0. The molecule has 1 aliphatic carbocycles. The van der Waals surface area contributed by atoms with E-state index in [0.29, 0.717) is 0 Å². The number of hydrogen-bond acceptors (Lipinski definition) is 3. The number of rotatable bonds is 2. The second kappa shape index (κ2) is 5.52. The van der Waals surface area contributed by atoms with Gasteiger partial charge in [0.2, 0.25) is 0 Å².